The fraction of sp³-hybridized carbons (Fsp3) is 0.600. The molecule has 1 saturated heterocycles. The van der Waals surface area contributed by atoms with Crippen molar-refractivity contribution < 1.29 is 4.74 Å². The lowest BCUT2D eigenvalue weighted by Crippen LogP contribution is -2.40. The van der Waals surface area contributed by atoms with Crippen molar-refractivity contribution in [1.82, 2.24) is 10.2 Å². The van der Waals surface area contributed by atoms with E-state index >= 15 is 0 Å². The number of ether oxygens (including phenoxy) is 1. The van der Waals surface area contributed by atoms with Gasteiger partial charge in [-0.3, -0.25) is 4.90 Å². The summed E-state index contributed by atoms with van der Waals surface area (Å²) in [4.78, 5) is 2.49. The predicted molar refractivity (Wildman–Crippen MR) is 74.8 cm³/mol. The Morgan fingerprint density at radius 3 is 2.83 bits per heavy atom. The van der Waals surface area contributed by atoms with Crippen molar-refractivity contribution in [1.29, 1.82) is 0 Å². The minimum absolute atomic E-state index is 0.364. The molecule has 1 unspecified atom stereocenters. The van der Waals surface area contributed by atoms with Gasteiger partial charge < -0.3 is 10.1 Å². The lowest BCUT2D eigenvalue weighted by Gasteiger charge is -2.31. The van der Waals surface area contributed by atoms with E-state index in [1.807, 2.05) is 7.05 Å². The van der Waals surface area contributed by atoms with E-state index in [1.54, 1.807) is 0 Å². The van der Waals surface area contributed by atoms with Crippen molar-refractivity contribution >= 4 is 0 Å². The van der Waals surface area contributed by atoms with Crippen LogP contribution in [0.15, 0.2) is 24.3 Å². The molecule has 3 nitrogen and oxygen atoms in total. The monoisotopic (exact) mass is 248 g/mol. The van der Waals surface area contributed by atoms with E-state index in [0.717, 1.165) is 39.2 Å². The van der Waals surface area contributed by atoms with Crippen LogP contribution in [0.2, 0.25) is 0 Å². The molecule has 2 rings (SSSR count). The van der Waals surface area contributed by atoms with E-state index in [4.69, 9.17) is 4.74 Å². The maximum atomic E-state index is 5.59. The Bertz CT molecular complexity index is 367. The third kappa shape index (κ3) is 3.80. The van der Waals surface area contributed by atoms with E-state index in [9.17, 15) is 0 Å². The highest BCUT2D eigenvalue weighted by Gasteiger charge is 2.17. The molecule has 0 aliphatic carbocycles. The second-order valence-electron chi connectivity index (χ2n) is 5.04. The van der Waals surface area contributed by atoms with Crippen molar-refractivity contribution in [3.63, 3.8) is 0 Å². The largest absolute Gasteiger partial charge is 0.376 e. The molecule has 18 heavy (non-hydrogen) atoms. The van der Waals surface area contributed by atoms with Crippen LogP contribution in [-0.4, -0.2) is 44.3 Å². The van der Waals surface area contributed by atoms with Gasteiger partial charge in [-0.15, -0.1) is 0 Å². The third-order valence-electron chi connectivity index (χ3n) is 3.48. The second-order valence-corrected chi connectivity index (χ2v) is 5.04. The van der Waals surface area contributed by atoms with Gasteiger partial charge in [-0.2, -0.15) is 0 Å². The first kappa shape index (κ1) is 13.5. The van der Waals surface area contributed by atoms with E-state index in [0.29, 0.717) is 6.10 Å². The zero-order valence-corrected chi connectivity index (χ0v) is 11.5. The van der Waals surface area contributed by atoms with Crippen LogP contribution in [0.5, 0.6) is 0 Å². The molecule has 3 heteroatoms. The molecule has 0 aromatic heterocycles. The number of likely N-dealkylation sites (N-methyl/N-ethyl adjacent to an activating group) is 1. The molecule has 100 valence electrons. The quantitative estimate of drug-likeness (QED) is 0.858. The normalized spacial score (nSPS) is 21.1. The highest BCUT2D eigenvalue weighted by molar-refractivity contribution is 5.27. The van der Waals surface area contributed by atoms with Gasteiger partial charge in [0.15, 0.2) is 0 Å². The molecule has 1 N–H and O–H groups in total. The van der Waals surface area contributed by atoms with Crippen LogP contribution >= 0.6 is 0 Å². The minimum atomic E-state index is 0.364. The number of rotatable bonds is 5. The summed E-state index contributed by atoms with van der Waals surface area (Å²) in [5.41, 5.74) is 2.92. The lowest BCUT2D eigenvalue weighted by molar-refractivity contribution is -0.0212. The van der Waals surface area contributed by atoms with E-state index in [1.165, 1.54) is 11.1 Å². The molecule has 1 heterocycles. The summed E-state index contributed by atoms with van der Waals surface area (Å²) in [6.07, 6.45) is 1.47. The van der Waals surface area contributed by atoms with Crippen molar-refractivity contribution in [2.45, 2.75) is 26.0 Å². The summed E-state index contributed by atoms with van der Waals surface area (Å²) in [6, 6.07) is 8.78. The molecule has 1 atom stereocenters. The van der Waals surface area contributed by atoms with Gasteiger partial charge in [-0.1, -0.05) is 24.3 Å². The van der Waals surface area contributed by atoms with E-state index in [2.05, 4.69) is 41.4 Å². The Kier molecular flexibility index (Phi) is 5.17. The van der Waals surface area contributed by atoms with Crippen LogP contribution < -0.4 is 5.32 Å². The van der Waals surface area contributed by atoms with Gasteiger partial charge in [0.05, 0.1) is 12.7 Å². The number of hydrogen-bond acceptors (Lipinski definition) is 3. The van der Waals surface area contributed by atoms with E-state index < -0.39 is 0 Å². The Morgan fingerprint density at radius 2 is 2.11 bits per heavy atom. The topological polar surface area (TPSA) is 24.5 Å². The van der Waals surface area contributed by atoms with Crippen molar-refractivity contribution in [3.05, 3.63) is 35.4 Å². The number of benzene rings is 1. The minimum Gasteiger partial charge on any atom is -0.376 e. The summed E-state index contributed by atoms with van der Waals surface area (Å²) in [7, 11) is 2.01. The average Bonchev–Trinajstić information content (AvgIpc) is 2.38. The van der Waals surface area contributed by atoms with Crippen LogP contribution in [0, 0.1) is 0 Å². The molecular weight excluding hydrogens is 224 g/mol. The third-order valence-corrected chi connectivity index (χ3v) is 3.48. The fourth-order valence-electron chi connectivity index (χ4n) is 2.49. The van der Waals surface area contributed by atoms with Crippen LogP contribution in [0.1, 0.15) is 18.1 Å². The Morgan fingerprint density at radius 1 is 1.33 bits per heavy atom. The van der Waals surface area contributed by atoms with Crippen LogP contribution in [0.25, 0.3) is 0 Å². The van der Waals surface area contributed by atoms with Crippen LogP contribution in [0.3, 0.4) is 0 Å². The van der Waals surface area contributed by atoms with Gasteiger partial charge in [0.1, 0.15) is 0 Å². The van der Waals surface area contributed by atoms with Crippen LogP contribution in [-0.2, 0) is 17.7 Å². The van der Waals surface area contributed by atoms with E-state index in [-0.39, 0.29) is 0 Å². The molecule has 0 amide bonds. The summed E-state index contributed by atoms with van der Waals surface area (Å²) >= 11 is 0. The lowest BCUT2D eigenvalue weighted by atomic mass is 10.0. The highest BCUT2D eigenvalue weighted by Crippen LogP contribution is 2.14. The molecular formula is C15H24N2O. The molecule has 1 fully saturated rings. The molecule has 1 aliphatic heterocycles. The predicted octanol–water partition coefficient (Wildman–Crippen LogP) is 1.67. The van der Waals surface area contributed by atoms with Crippen LogP contribution in [0.4, 0.5) is 0 Å². The maximum Gasteiger partial charge on any atom is 0.0674 e. The molecule has 0 bridgehead atoms. The Balaban J connectivity index is 1.99. The van der Waals surface area contributed by atoms with Gasteiger partial charge in [-0.05, 0) is 38.1 Å². The SMILES string of the molecule is CNCCc1ccccc1CN1CCOC(C)C1. The first-order valence-electron chi connectivity index (χ1n) is 6.85. The first-order chi connectivity index (χ1) is 8.79. The van der Waals surface area contributed by atoms with Gasteiger partial charge >= 0.3 is 0 Å². The number of hydrogen-bond donors (Lipinski definition) is 1. The van der Waals surface area contributed by atoms with Gasteiger partial charge in [0, 0.05) is 19.6 Å². The zero-order valence-electron chi connectivity index (χ0n) is 11.5. The molecule has 1 aromatic rings. The zero-order chi connectivity index (χ0) is 12.8. The molecule has 1 aromatic carbocycles. The fourth-order valence-corrected chi connectivity index (χ4v) is 2.49. The smallest absolute Gasteiger partial charge is 0.0674 e. The summed E-state index contributed by atoms with van der Waals surface area (Å²) < 4.78 is 5.59. The first-order valence-corrected chi connectivity index (χ1v) is 6.85. The molecule has 0 saturated carbocycles. The summed E-state index contributed by atoms with van der Waals surface area (Å²) in [5, 5.41) is 3.22. The Labute approximate surface area is 110 Å². The average molecular weight is 248 g/mol. The van der Waals surface area contributed by atoms with Gasteiger partial charge in [-0.25, -0.2) is 0 Å². The summed E-state index contributed by atoms with van der Waals surface area (Å²) in [6.45, 7) is 7.19. The number of nitrogens with zero attached hydrogens (tertiary/aromatic N) is 1. The molecule has 0 spiro atoms. The second kappa shape index (κ2) is 6.88. The van der Waals surface area contributed by atoms with Crippen molar-refractivity contribution in [2.75, 3.05) is 33.3 Å². The maximum absolute atomic E-state index is 5.59. The Hall–Kier alpha value is -0.900. The number of nitrogens with one attached hydrogen (secondary N) is 1. The van der Waals surface area contributed by atoms with Crippen molar-refractivity contribution in [2.24, 2.45) is 0 Å². The number of morpholine rings is 1. The molecule has 1 aliphatic rings. The van der Waals surface area contributed by atoms with Gasteiger partial charge in [0.25, 0.3) is 0 Å². The molecule has 0 radical (unpaired) electrons. The van der Waals surface area contributed by atoms with Gasteiger partial charge in [0.2, 0.25) is 0 Å². The summed E-state index contributed by atoms with van der Waals surface area (Å²) in [5.74, 6) is 0. The highest BCUT2D eigenvalue weighted by atomic mass is 16.5. The van der Waals surface area contributed by atoms with Crippen molar-refractivity contribution in [3.8, 4) is 0 Å². The standard InChI is InChI=1S/C15H24N2O/c1-13-11-17(9-10-18-13)12-15-6-4-3-5-14(15)7-8-16-2/h3-6,13,16H,7-12H2,1-2H3.